The molecular formula is C17H25N5O. The Kier molecular flexibility index (Phi) is 5.76. The highest BCUT2D eigenvalue weighted by Crippen LogP contribution is 2.13. The SMILES string of the molecule is CN=C(NCc1ccccc1-n1ccnc1)NCC(C)(C)OC. The first-order valence-corrected chi connectivity index (χ1v) is 7.61. The van der Waals surface area contributed by atoms with E-state index < -0.39 is 0 Å². The van der Waals surface area contributed by atoms with Crippen molar-refractivity contribution in [2.45, 2.75) is 26.0 Å². The predicted molar refractivity (Wildman–Crippen MR) is 92.9 cm³/mol. The number of imidazole rings is 1. The number of aromatic nitrogens is 2. The van der Waals surface area contributed by atoms with Gasteiger partial charge in [0, 0.05) is 39.6 Å². The Morgan fingerprint density at radius 2 is 2.09 bits per heavy atom. The number of hydrogen-bond acceptors (Lipinski definition) is 3. The average molecular weight is 315 g/mol. The van der Waals surface area contributed by atoms with E-state index in [1.807, 2.05) is 36.7 Å². The quantitative estimate of drug-likeness (QED) is 0.632. The molecule has 0 amide bonds. The molecule has 1 heterocycles. The number of nitrogens with one attached hydrogen (secondary N) is 2. The van der Waals surface area contributed by atoms with Crippen molar-refractivity contribution in [1.29, 1.82) is 0 Å². The van der Waals surface area contributed by atoms with E-state index in [1.165, 1.54) is 5.56 Å². The Balaban J connectivity index is 2.00. The van der Waals surface area contributed by atoms with E-state index in [0.717, 1.165) is 11.6 Å². The van der Waals surface area contributed by atoms with E-state index in [2.05, 4.69) is 32.7 Å². The molecule has 0 spiro atoms. The van der Waals surface area contributed by atoms with Crippen LogP contribution >= 0.6 is 0 Å². The number of benzene rings is 1. The van der Waals surface area contributed by atoms with Gasteiger partial charge in [-0.1, -0.05) is 18.2 Å². The summed E-state index contributed by atoms with van der Waals surface area (Å²) in [5, 5.41) is 6.61. The van der Waals surface area contributed by atoms with Crippen LogP contribution in [-0.2, 0) is 11.3 Å². The molecule has 0 aliphatic rings. The molecule has 23 heavy (non-hydrogen) atoms. The molecule has 0 bridgehead atoms. The van der Waals surface area contributed by atoms with E-state index in [1.54, 1.807) is 26.7 Å². The van der Waals surface area contributed by atoms with Crippen LogP contribution < -0.4 is 10.6 Å². The second-order valence-corrected chi connectivity index (χ2v) is 5.84. The lowest BCUT2D eigenvalue weighted by Crippen LogP contribution is -2.45. The van der Waals surface area contributed by atoms with Crippen LogP contribution in [0.4, 0.5) is 0 Å². The summed E-state index contributed by atoms with van der Waals surface area (Å²) in [4.78, 5) is 8.36. The highest BCUT2D eigenvalue weighted by Gasteiger charge is 2.16. The maximum Gasteiger partial charge on any atom is 0.191 e. The fourth-order valence-electron chi connectivity index (χ4n) is 2.08. The summed E-state index contributed by atoms with van der Waals surface area (Å²) in [5.41, 5.74) is 2.02. The van der Waals surface area contributed by atoms with Crippen molar-refractivity contribution < 1.29 is 4.74 Å². The third-order valence-electron chi connectivity index (χ3n) is 3.68. The number of rotatable bonds is 6. The fraction of sp³-hybridized carbons (Fsp3) is 0.412. The van der Waals surface area contributed by atoms with Crippen molar-refractivity contribution in [3.63, 3.8) is 0 Å². The predicted octanol–water partition coefficient (Wildman–Crippen LogP) is 1.96. The molecule has 124 valence electrons. The molecule has 1 aromatic carbocycles. The molecule has 0 saturated heterocycles. The summed E-state index contributed by atoms with van der Waals surface area (Å²) >= 11 is 0. The molecule has 2 N–H and O–H groups in total. The molecule has 0 aliphatic heterocycles. The van der Waals surface area contributed by atoms with Gasteiger partial charge in [-0.05, 0) is 25.5 Å². The Morgan fingerprint density at radius 1 is 1.30 bits per heavy atom. The van der Waals surface area contributed by atoms with Gasteiger partial charge < -0.3 is 19.9 Å². The molecule has 6 heteroatoms. The smallest absolute Gasteiger partial charge is 0.191 e. The molecular weight excluding hydrogens is 290 g/mol. The van der Waals surface area contributed by atoms with E-state index >= 15 is 0 Å². The summed E-state index contributed by atoms with van der Waals surface area (Å²) in [6.07, 6.45) is 5.51. The second kappa shape index (κ2) is 7.78. The Morgan fingerprint density at radius 3 is 2.74 bits per heavy atom. The minimum Gasteiger partial charge on any atom is -0.377 e. The lowest BCUT2D eigenvalue weighted by molar-refractivity contribution is 0.0268. The molecule has 2 aromatic rings. The van der Waals surface area contributed by atoms with Gasteiger partial charge in [0.1, 0.15) is 0 Å². The van der Waals surface area contributed by atoms with Gasteiger partial charge in [-0.2, -0.15) is 0 Å². The lowest BCUT2D eigenvalue weighted by Gasteiger charge is -2.24. The molecule has 0 atom stereocenters. The van der Waals surface area contributed by atoms with Crippen LogP contribution in [0, 0.1) is 0 Å². The zero-order chi connectivity index (χ0) is 16.7. The lowest BCUT2D eigenvalue weighted by atomic mass is 10.1. The molecule has 1 aromatic heterocycles. The minimum atomic E-state index is -0.244. The van der Waals surface area contributed by atoms with Crippen LogP contribution in [0.15, 0.2) is 48.0 Å². The summed E-state index contributed by atoms with van der Waals surface area (Å²) in [7, 11) is 3.47. The van der Waals surface area contributed by atoms with Crippen molar-refractivity contribution in [3.8, 4) is 5.69 Å². The van der Waals surface area contributed by atoms with Gasteiger partial charge in [-0.25, -0.2) is 4.98 Å². The van der Waals surface area contributed by atoms with Gasteiger partial charge in [0.05, 0.1) is 17.6 Å². The highest BCUT2D eigenvalue weighted by atomic mass is 16.5. The third-order valence-corrected chi connectivity index (χ3v) is 3.68. The van der Waals surface area contributed by atoms with Crippen molar-refractivity contribution in [2.75, 3.05) is 20.7 Å². The summed E-state index contributed by atoms with van der Waals surface area (Å²) in [6.45, 7) is 5.40. The van der Waals surface area contributed by atoms with Crippen molar-refractivity contribution in [2.24, 2.45) is 4.99 Å². The van der Waals surface area contributed by atoms with E-state index in [4.69, 9.17) is 4.74 Å². The highest BCUT2D eigenvalue weighted by molar-refractivity contribution is 5.79. The third kappa shape index (κ3) is 4.82. The summed E-state index contributed by atoms with van der Waals surface area (Å²) < 4.78 is 7.41. The number of aliphatic imine (C=N–C) groups is 1. The molecule has 0 fully saturated rings. The van der Waals surface area contributed by atoms with E-state index in [-0.39, 0.29) is 5.60 Å². The summed E-state index contributed by atoms with van der Waals surface area (Å²) in [5.74, 6) is 0.746. The van der Waals surface area contributed by atoms with Crippen molar-refractivity contribution in [1.82, 2.24) is 20.2 Å². The summed E-state index contributed by atoms with van der Waals surface area (Å²) in [6, 6.07) is 8.21. The zero-order valence-electron chi connectivity index (χ0n) is 14.2. The van der Waals surface area contributed by atoms with Crippen molar-refractivity contribution in [3.05, 3.63) is 48.5 Å². The molecule has 0 aliphatic carbocycles. The van der Waals surface area contributed by atoms with Crippen LogP contribution in [0.25, 0.3) is 5.69 Å². The Hall–Kier alpha value is -2.34. The Labute approximate surface area is 137 Å². The number of ether oxygens (including phenoxy) is 1. The van der Waals surface area contributed by atoms with Crippen LogP contribution in [0.3, 0.4) is 0 Å². The largest absolute Gasteiger partial charge is 0.377 e. The second-order valence-electron chi connectivity index (χ2n) is 5.84. The van der Waals surface area contributed by atoms with Crippen LogP contribution in [0.1, 0.15) is 19.4 Å². The first-order chi connectivity index (χ1) is 11.1. The van der Waals surface area contributed by atoms with E-state index in [9.17, 15) is 0 Å². The van der Waals surface area contributed by atoms with Gasteiger partial charge in [-0.3, -0.25) is 4.99 Å². The number of nitrogens with zero attached hydrogens (tertiary/aromatic N) is 3. The molecule has 0 saturated carbocycles. The van der Waals surface area contributed by atoms with E-state index in [0.29, 0.717) is 13.1 Å². The fourth-order valence-corrected chi connectivity index (χ4v) is 2.08. The van der Waals surface area contributed by atoms with Crippen LogP contribution in [0.2, 0.25) is 0 Å². The maximum atomic E-state index is 5.41. The van der Waals surface area contributed by atoms with Gasteiger partial charge in [0.2, 0.25) is 0 Å². The van der Waals surface area contributed by atoms with Gasteiger partial charge in [0.25, 0.3) is 0 Å². The normalized spacial score (nSPS) is 12.3. The first kappa shape index (κ1) is 17.0. The van der Waals surface area contributed by atoms with Gasteiger partial charge in [-0.15, -0.1) is 0 Å². The number of para-hydroxylation sites is 1. The first-order valence-electron chi connectivity index (χ1n) is 7.61. The van der Waals surface area contributed by atoms with Gasteiger partial charge >= 0.3 is 0 Å². The molecule has 6 nitrogen and oxygen atoms in total. The Bertz CT molecular complexity index is 634. The van der Waals surface area contributed by atoms with Crippen LogP contribution in [0.5, 0.6) is 0 Å². The molecule has 2 rings (SSSR count). The average Bonchev–Trinajstić information content (AvgIpc) is 3.09. The minimum absolute atomic E-state index is 0.244. The maximum absolute atomic E-state index is 5.41. The molecule has 0 unspecified atom stereocenters. The van der Waals surface area contributed by atoms with Crippen LogP contribution in [-0.4, -0.2) is 41.8 Å². The standard InChI is InChI=1S/C17H25N5O/c1-17(2,23-4)12-21-16(18-3)20-11-14-7-5-6-8-15(14)22-10-9-19-13-22/h5-10,13H,11-12H2,1-4H3,(H2,18,20,21). The number of methoxy groups -OCH3 is 1. The monoisotopic (exact) mass is 315 g/mol. The van der Waals surface area contributed by atoms with Gasteiger partial charge in [0.15, 0.2) is 5.96 Å². The molecule has 0 radical (unpaired) electrons. The number of guanidine groups is 1. The topological polar surface area (TPSA) is 63.5 Å². The zero-order valence-corrected chi connectivity index (χ0v) is 14.2. The number of hydrogen-bond donors (Lipinski definition) is 2. The van der Waals surface area contributed by atoms with Crippen molar-refractivity contribution >= 4 is 5.96 Å².